The quantitative estimate of drug-likeness (QED) is 0.890. The molecule has 0 unspecified atom stereocenters. The third-order valence-electron chi connectivity index (χ3n) is 2.42. The first-order chi connectivity index (χ1) is 9.20. The van der Waals surface area contributed by atoms with E-state index in [9.17, 15) is 22.8 Å². The molecule has 0 saturated carbocycles. The molecule has 0 heterocycles. The van der Waals surface area contributed by atoms with Crippen molar-refractivity contribution in [2.24, 2.45) is 0 Å². The zero-order chi connectivity index (χ0) is 15.3. The second-order valence-electron chi connectivity index (χ2n) is 4.11. The number of amides is 2. The third-order valence-corrected chi connectivity index (χ3v) is 2.42. The van der Waals surface area contributed by atoms with Gasteiger partial charge in [0, 0.05) is 13.6 Å². The molecule has 0 atom stereocenters. The van der Waals surface area contributed by atoms with Crippen LogP contribution in [-0.2, 0) is 17.5 Å². The Hall–Kier alpha value is -2.25. The maximum absolute atomic E-state index is 12.5. The highest BCUT2D eigenvalue weighted by Crippen LogP contribution is 2.29. The molecule has 0 aliphatic rings. The first-order valence-electron chi connectivity index (χ1n) is 5.57. The van der Waals surface area contributed by atoms with Crippen molar-refractivity contribution in [1.82, 2.24) is 10.2 Å². The number of hydrogen-bond donors (Lipinski definition) is 2. The van der Waals surface area contributed by atoms with E-state index in [4.69, 9.17) is 5.11 Å². The van der Waals surface area contributed by atoms with Crippen LogP contribution in [0.15, 0.2) is 24.3 Å². The van der Waals surface area contributed by atoms with Gasteiger partial charge in [-0.2, -0.15) is 13.2 Å². The molecule has 1 aromatic carbocycles. The van der Waals surface area contributed by atoms with Crippen LogP contribution in [0.5, 0.6) is 0 Å². The number of aliphatic carboxylic acids is 1. The van der Waals surface area contributed by atoms with Crippen LogP contribution in [0.4, 0.5) is 18.0 Å². The standard InChI is InChI=1S/C12H13F3N2O3/c1-17(7-10(18)19)11(20)16-6-8-3-2-4-9(5-8)12(13,14)15/h2-5H,6-7H2,1H3,(H,16,20)(H,18,19). The lowest BCUT2D eigenvalue weighted by Gasteiger charge is -2.16. The lowest BCUT2D eigenvalue weighted by molar-refractivity contribution is -0.138. The van der Waals surface area contributed by atoms with Gasteiger partial charge in [-0.15, -0.1) is 0 Å². The second-order valence-corrected chi connectivity index (χ2v) is 4.11. The summed E-state index contributed by atoms with van der Waals surface area (Å²) >= 11 is 0. The number of carbonyl (C=O) groups excluding carboxylic acids is 1. The van der Waals surface area contributed by atoms with Crippen molar-refractivity contribution in [3.63, 3.8) is 0 Å². The van der Waals surface area contributed by atoms with Gasteiger partial charge in [0.2, 0.25) is 0 Å². The molecule has 1 aromatic rings. The number of urea groups is 1. The van der Waals surface area contributed by atoms with Gasteiger partial charge in [0.1, 0.15) is 6.54 Å². The van der Waals surface area contributed by atoms with Crippen LogP contribution in [-0.4, -0.2) is 35.6 Å². The third kappa shape index (κ3) is 4.79. The predicted molar refractivity (Wildman–Crippen MR) is 63.9 cm³/mol. The summed E-state index contributed by atoms with van der Waals surface area (Å²) in [5, 5.41) is 10.8. The molecule has 0 spiro atoms. The molecule has 2 amide bonds. The Bertz CT molecular complexity index is 503. The highest BCUT2D eigenvalue weighted by atomic mass is 19.4. The van der Waals surface area contributed by atoms with Crippen LogP contribution in [0.1, 0.15) is 11.1 Å². The topological polar surface area (TPSA) is 69.6 Å². The van der Waals surface area contributed by atoms with Gasteiger partial charge in [0.05, 0.1) is 5.56 Å². The van der Waals surface area contributed by atoms with Crippen molar-refractivity contribution in [2.75, 3.05) is 13.6 Å². The number of carbonyl (C=O) groups is 2. The maximum atomic E-state index is 12.5. The molecule has 0 radical (unpaired) electrons. The van der Waals surface area contributed by atoms with Crippen LogP contribution >= 0.6 is 0 Å². The molecule has 2 N–H and O–H groups in total. The summed E-state index contributed by atoms with van der Waals surface area (Å²) in [6.07, 6.45) is -4.44. The van der Waals surface area contributed by atoms with E-state index >= 15 is 0 Å². The SMILES string of the molecule is CN(CC(=O)O)C(=O)NCc1cccc(C(F)(F)F)c1. The first-order valence-corrected chi connectivity index (χ1v) is 5.57. The molecule has 1 rings (SSSR count). The summed E-state index contributed by atoms with van der Waals surface area (Å²) in [4.78, 5) is 22.8. The van der Waals surface area contributed by atoms with Crippen molar-refractivity contribution in [3.05, 3.63) is 35.4 Å². The Kier molecular flexibility index (Phi) is 4.95. The Labute approximate surface area is 113 Å². The number of nitrogens with one attached hydrogen (secondary N) is 1. The Morgan fingerprint density at radius 1 is 1.35 bits per heavy atom. The van der Waals surface area contributed by atoms with Gasteiger partial charge in [-0.05, 0) is 17.7 Å². The highest BCUT2D eigenvalue weighted by molar-refractivity contribution is 5.79. The maximum Gasteiger partial charge on any atom is 0.416 e. The highest BCUT2D eigenvalue weighted by Gasteiger charge is 2.30. The fourth-order valence-electron chi connectivity index (χ4n) is 1.44. The first kappa shape index (κ1) is 15.8. The Morgan fingerprint density at radius 2 is 2.00 bits per heavy atom. The number of likely N-dealkylation sites (N-methyl/N-ethyl adjacent to an activating group) is 1. The summed E-state index contributed by atoms with van der Waals surface area (Å²) in [5.74, 6) is -1.18. The number of nitrogens with zero attached hydrogens (tertiary/aromatic N) is 1. The largest absolute Gasteiger partial charge is 0.480 e. The smallest absolute Gasteiger partial charge is 0.416 e. The Balaban J connectivity index is 2.62. The van der Waals surface area contributed by atoms with E-state index in [0.717, 1.165) is 17.0 Å². The lowest BCUT2D eigenvalue weighted by atomic mass is 10.1. The minimum absolute atomic E-state index is 0.118. The minimum atomic E-state index is -4.44. The minimum Gasteiger partial charge on any atom is -0.480 e. The van der Waals surface area contributed by atoms with Crippen LogP contribution in [0.2, 0.25) is 0 Å². The van der Waals surface area contributed by atoms with E-state index in [1.54, 1.807) is 0 Å². The lowest BCUT2D eigenvalue weighted by Crippen LogP contribution is -2.39. The fourth-order valence-corrected chi connectivity index (χ4v) is 1.44. The second kappa shape index (κ2) is 6.27. The average molecular weight is 290 g/mol. The number of hydrogen-bond acceptors (Lipinski definition) is 2. The number of alkyl halides is 3. The van der Waals surface area contributed by atoms with E-state index < -0.39 is 30.3 Å². The van der Waals surface area contributed by atoms with E-state index in [0.29, 0.717) is 0 Å². The van der Waals surface area contributed by atoms with E-state index in [1.165, 1.54) is 19.2 Å². The van der Waals surface area contributed by atoms with E-state index in [2.05, 4.69) is 5.32 Å². The summed E-state index contributed by atoms with van der Waals surface area (Å²) in [6.45, 7) is -0.610. The van der Waals surface area contributed by atoms with Crippen molar-refractivity contribution < 1.29 is 27.9 Å². The summed E-state index contributed by atoms with van der Waals surface area (Å²) in [7, 11) is 1.27. The molecule has 20 heavy (non-hydrogen) atoms. The molecule has 0 fully saturated rings. The van der Waals surface area contributed by atoms with Gasteiger partial charge in [-0.25, -0.2) is 4.79 Å². The Morgan fingerprint density at radius 3 is 2.55 bits per heavy atom. The van der Waals surface area contributed by atoms with Crippen LogP contribution in [0.3, 0.4) is 0 Å². The summed E-state index contributed by atoms with van der Waals surface area (Å²) in [6, 6.07) is 3.86. The fraction of sp³-hybridized carbons (Fsp3) is 0.333. The van der Waals surface area contributed by atoms with Crippen molar-refractivity contribution in [2.45, 2.75) is 12.7 Å². The van der Waals surface area contributed by atoms with Crippen LogP contribution in [0.25, 0.3) is 0 Å². The normalized spacial score (nSPS) is 11.0. The van der Waals surface area contributed by atoms with Gasteiger partial charge in [-0.3, -0.25) is 4.79 Å². The van der Waals surface area contributed by atoms with Gasteiger partial charge >= 0.3 is 18.2 Å². The molecular weight excluding hydrogens is 277 g/mol. The molecule has 0 saturated heterocycles. The molecule has 0 aliphatic carbocycles. The van der Waals surface area contributed by atoms with E-state index in [1.807, 2.05) is 0 Å². The van der Waals surface area contributed by atoms with Crippen molar-refractivity contribution in [3.8, 4) is 0 Å². The molecule has 0 bridgehead atoms. The zero-order valence-electron chi connectivity index (χ0n) is 10.6. The average Bonchev–Trinajstić information content (AvgIpc) is 2.34. The molecule has 0 aromatic heterocycles. The number of halogens is 3. The number of rotatable bonds is 4. The number of carboxylic acid groups (broad SMARTS) is 1. The van der Waals surface area contributed by atoms with E-state index in [-0.39, 0.29) is 12.1 Å². The van der Waals surface area contributed by atoms with Gasteiger partial charge in [0.25, 0.3) is 0 Å². The molecule has 0 aliphatic heterocycles. The molecular formula is C12H13F3N2O3. The number of carboxylic acids is 1. The van der Waals surface area contributed by atoms with Crippen molar-refractivity contribution in [1.29, 1.82) is 0 Å². The zero-order valence-corrected chi connectivity index (χ0v) is 10.6. The predicted octanol–water partition coefficient (Wildman–Crippen LogP) is 1.93. The molecule has 5 nitrogen and oxygen atoms in total. The number of benzene rings is 1. The van der Waals surface area contributed by atoms with Crippen LogP contribution < -0.4 is 5.32 Å². The van der Waals surface area contributed by atoms with Gasteiger partial charge < -0.3 is 15.3 Å². The monoisotopic (exact) mass is 290 g/mol. The summed E-state index contributed by atoms with van der Waals surface area (Å²) in [5.41, 5.74) is -0.528. The summed E-state index contributed by atoms with van der Waals surface area (Å²) < 4.78 is 37.4. The van der Waals surface area contributed by atoms with Crippen LogP contribution in [0, 0.1) is 0 Å². The van der Waals surface area contributed by atoms with Gasteiger partial charge in [0.15, 0.2) is 0 Å². The van der Waals surface area contributed by atoms with Crippen molar-refractivity contribution >= 4 is 12.0 Å². The van der Waals surface area contributed by atoms with Gasteiger partial charge in [-0.1, -0.05) is 12.1 Å². The molecule has 110 valence electrons. The molecule has 8 heteroatoms.